The molecule has 7 N–H and O–H groups in total. The quantitative estimate of drug-likeness (QED) is 0.0243. The van der Waals surface area contributed by atoms with Crippen LogP contribution in [0.4, 0.5) is 67.4 Å². The summed E-state index contributed by atoms with van der Waals surface area (Å²) in [5.74, 6) is 0.0212. The van der Waals surface area contributed by atoms with Crippen LogP contribution in [-0.2, 0) is 37.7 Å². The van der Waals surface area contributed by atoms with Crippen LogP contribution in [0.25, 0.3) is 0 Å². The number of alkyl halides is 6. The number of halogens is 6. The Morgan fingerprint density at radius 3 is 1.47 bits per heavy atom. The molecule has 75 heavy (non-hydrogen) atoms. The van der Waals surface area contributed by atoms with Crippen molar-refractivity contribution in [2.75, 3.05) is 60.2 Å². The third-order valence-electron chi connectivity index (χ3n) is 8.93. The van der Waals surface area contributed by atoms with Gasteiger partial charge in [-0.1, -0.05) is 0 Å². The molecule has 17 nitrogen and oxygen atoms in total. The fourth-order valence-corrected chi connectivity index (χ4v) is 8.10. The zero-order valence-corrected chi connectivity index (χ0v) is 45.8. The van der Waals surface area contributed by atoms with Gasteiger partial charge in [0.25, 0.3) is 0 Å². The molecule has 3 rings (SSSR count). The molecule has 418 valence electrons. The third-order valence-corrected chi connectivity index (χ3v) is 11.0. The molecule has 0 aliphatic rings. The molecule has 25 heteroatoms. The molecule has 0 aliphatic carbocycles. The normalized spacial score (nSPS) is 12.2. The number of carbonyl (C=O) groups is 5. The molecule has 0 radical (unpaired) electrons. The van der Waals surface area contributed by atoms with Gasteiger partial charge in [0, 0.05) is 65.4 Å². The number of amides is 6. The summed E-state index contributed by atoms with van der Waals surface area (Å²) in [5.41, 5.74) is -5.33. The smallest absolute Gasteiger partial charge is 0.418 e. The van der Waals surface area contributed by atoms with Gasteiger partial charge in [-0.05, 0) is 150 Å². The molecule has 0 fully saturated rings. The van der Waals surface area contributed by atoms with E-state index in [2.05, 4.69) is 37.2 Å². The van der Waals surface area contributed by atoms with Crippen LogP contribution in [0.1, 0.15) is 106 Å². The Hall–Kier alpha value is -6.11. The summed E-state index contributed by atoms with van der Waals surface area (Å²) >= 11 is 1.85. The fraction of sp³-hybridized carbons (Fsp3) is 0.540. The van der Waals surface area contributed by atoms with E-state index in [1.165, 1.54) is 36.4 Å². The minimum atomic E-state index is -4.89. The van der Waals surface area contributed by atoms with Gasteiger partial charge in [0.05, 0.1) is 16.8 Å². The first-order valence-corrected chi connectivity index (χ1v) is 25.7. The first-order chi connectivity index (χ1) is 34.5. The molecule has 0 unspecified atom stereocenters. The number of anilines is 3. The van der Waals surface area contributed by atoms with E-state index in [0.29, 0.717) is 5.56 Å². The summed E-state index contributed by atoms with van der Waals surface area (Å²) < 4.78 is 114. The SMILES string of the molecule is CC(C)(C)OC(=O)NCCCc1cc(NC(=O)Nc2cc(C(F)(F)F)c(SCCNC(=O)OC(C)(C)C)cc2SCCNC(=O)OC(C)(C)C)ccc1Oc1ccc(NCCNC(=O)OC(C)(C)C)c(C(F)(F)F)c1. The monoisotopic (exact) mass is 1110 g/mol. The average Bonchev–Trinajstić information content (AvgIpc) is 3.22. The molecule has 0 saturated heterocycles. The lowest BCUT2D eigenvalue weighted by Crippen LogP contribution is -2.35. The molecule has 0 saturated carbocycles. The Morgan fingerprint density at radius 2 is 0.973 bits per heavy atom. The van der Waals surface area contributed by atoms with E-state index in [1.54, 1.807) is 83.1 Å². The second-order valence-corrected chi connectivity index (χ2v) is 22.8. The number of ether oxygens (including phenoxy) is 5. The van der Waals surface area contributed by atoms with Gasteiger partial charge < -0.3 is 60.9 Å². The summed E-state index contributed by atoms with van der Waals surface area (Å²) in [6.07, 6.45) is -12.2. The Bertz CT molecular complexity index is 2440. The third kappa shape index (κ3) is 25.3. The number of hydrogen-bond acceptors (Lipinski definition) is 13. The van der Waals surface area contributed by atoms with E-state index >= 15 is 0 Å². The van der Waals surface area contributed by atoms with Crippen molar-refractivity contribution in [3.8, 4) is 11.5 Å². The summed E-state index contributed by atoms with van der Waals surface area (Å²) in [7, 11) is 0. The van der Waals surface area contributed by atoms with Crippen molar-refractivity contribution in [3.05, 3.63) is 65.2 Å². The number of urea groups is 1. The van der Waals surface area contributed by atoms with E-state index < -0.39 is 76.3 Å². The van der Waals surface area contributed by atoms with Crippen molar-refractivity contribution in [2.24, 2.45) is 0 Å². The summed E-state index contributed by atoms with van der Waals surface area (Å²) in [4.78, 5) is 62.5. The lowest BCUT2D eigenvalue weighted by atomic mass is 10.1. The average molecular weight is 1110 g/mol. The molecule has 3 aromatic rings. The van der Waals surface area contributed by atoms with Crippen LogP contribution < -0.4 is 42.0 Å². The highest BCUT2D eigenvalue weighted by Crippen LogP contribution is 2.43. The molecular formula is C50H69F6N7O10S2. The largest absolute Gasteiger partial charge is 0.457 e. The highest BCUT2D eigenvalue weighted by atomic mass is 32.2. The standard InChI is InChI=1S/C50H69F6N7O10S2/c1-45(2,3)70-41(65)58-19-13-14-30-26-31(15-18-37(30)69-32-16-17-35(33(27-32)49(51,52)53)57-20-21-59-42(66)71-46(4,5)6)62-40(64)63-36-28-34(50(54,55)56)38(74-24-22-60-43(67)72-47(7,8)9)29-39(36)75-25-23-61-44(68)73-48(10,11)12/h15-18,26-29,57H,13-14,19-25H2,1-12H3,(H,58,65)(H,59,66)(H,60,67)(H,61,68)(H2,62,63,64). The lowest BCUT2D eigenvalue weighted by Gasteiger charge is -2.21. The van der Waals surface area contributed by atoms with Crippen molar-refractivity contribution in [2.45, 2.75) is 140 Å². The lowest BCUT2D eigenvalue weighted by molar-refractivity contribution is -0.140. The maximum absolute atomic E-state index is 14.7. The number of rotatable bonds is 20. The Labute approximate surface area is 442 Å². The zero-order chi connectivity index (χ0) is 56.6. The molecule has 0 atom stereocenters. The number of aryl methyl sites for hydroxylation is 1. The van der Waals surface area contributed by atoms with Gasteiger partial charge in [-0.2, -0.15) is 26.3 Å². The van der Waals surface area contributed by atoms with Gasteiger partial charge in [0.2, 0.25) is 0 Å². The summed E-state index contributed by atoms with van der Waals surface area (Å²) in [5, 5.41) is 18.0. The molecule has 0 bridgehead atoms. The Morgan fingerprint density at radius 1 is 0.493 bits per heavy atom. The molecular weight excluding hydrogens is 1040 g/mol. The summed E-state index contributed by atoms with van der Waals surface area (Å²) in [6.45, 7) is 20.1. The van der Waals surface area contributed by atoms with Crippen LogP contribution in [0, 0.1) is 0 Å². The zero-order valence-electron chi connectivity index (χ0n) is 44.1. The van der Waals surface area contributed by atoms with Gasteiger partial charge >= 0.3 is 42.8 Å². The predicted molar refractivity (Wildman–Crippen MR) is 277 cm³/mol. The van der Waals surface area contributed by atoms with Crippen molar-refractivity contribution in [3.63, 3.8) is 0 Å². The van der Waals surface area contributed by atoms with Crippen molar-refractivity contribution < 1.29 is 74.0 Å². The van der Waals surface area contributed by atoms with Crippen LogP contribution in [0.2, 0.25) is 0 Å². The number of thioether (sulfide) groups is 2. The fourth-order valence-electron chi connectivity index (χ4n) is 6.17. The molecule has 0 heterocycles. The highest BCUT2D eigenvalue weighted by molar-refractivity contribution is 8.00. The number of benzene rings is 3. The topological polar surface area (TPSA) is 216 Å². The molecule has 0 spiro atoms. The van der Waals surface area contributed by atoms with E-state index in [0.717, 1.165) is 35.7 Å². The minimum absolute atomic E-state index is 0.0155. The Balaban J connectivity index is 1.94. The van der Waals surface area contributed by atoms with E-state index in [4.69, 9.17) is 23.7 Å². The number of nitrogens with one attached hydrogen (secondary N) is 7. The van der Waals surface area contributed by atoms with E-state index in [1.807, 2.05) is 0 Å². The van der Waals surface area contributed by atoms with Gasteiger partial charge in [-0.15, -0.1) is 23.5 Å². The van der Waals surface area contributed by atoms with Gasteiger partial charge in [-0.25, -0.2) is 24.0 Å². The van der Waals surface area contributed by atoms with Crippen molar-refractivity contribution in [1.82, 2.24) is 21.3 Å². The van der Waals surface area contributed by atoms with E-state index in [-0.39, 0.29) is 95.4 Å². The Kier molecular flexibility index (Phi) is 22.8. The maximum atomic E-state index is 14.7. The number of carbonyl (C=O) groups excluding carboxylic acids is 5. The number of hydrogen-bond donors (Lipinski definition) is 7. The van der Waals surface area contributed by atoms with Crippen molar-refractivity contribution in [1.29, 1.82) is 0 Å². The minimum Gasteiger partial charge on any atom is -0.457 e. The first-order valence-electron chi connectivity index (χ1n) is 23.7. The van der Waals surface area contributed by atoms with Crippen LogP contribution >= 0.6 is 23.5 Å². The van der Waals surface area contributed by atoms with Gasteiger partial charge in [0.15, 0.2) is 0 Å². The second kappa shape index (κ2) is 27.1. The highest BCUT2D eigenvalue weighted by Gasteiger charge is 2.36. The van der Waals surface area contributed by atoms with Crippen LogP contribution in [-0.4, -0.2) is 97.0 Å². The van der Waals surface area contributed by atoms with Crippen LogP contribution in [0.3, 0.4) is 0 Å². The predicted octanol–water partition coefficient (Wildman–Crippen LogP) is 12.8. The van der Waals surface area contributed by atoms with Crippen LogP contribution in [0.15, 0.2) is 58.3 Å². The van der Waals surface area contributed by atoms with E-state index in [9.17, 15) is 50.3 Å². The van der Waals surface area contributed by atoms with Crippen LogP contribution in [0.5, 0.6) is 11.5 Å². The molecule has 0 aromatic heterocycles. The van der Waals surface area contributed by atoms with Crippen molar-refractivity contribution >= 4 is 71.0 Å². The van der Waals surface area contributed by atoms with Gasteiger partial charge in [-0.3, -0.25) is 0 Å². The summed E-state index contributed by atoms with van der Waals surface area (Å²) in [6, 6.07) is 8.55. The molecule has 0 aliphatic heterocycles. The van der Waals surface area contributed by atoms with Gasteiger partial charge in [0.1, 0.15) is 33.9 Å². The molecule has 6 amide bonds. The second-order valence-electron chi connectivity index (χ2n) is 20.5. The number of alkyl carbamates (subject to hydrolysis) is 4. The maximum Gasteiger partial charge on any atom is 0.418 e. The molecule has 3 aromatic carbocycles. The first kappa shape index (κ1) is 63.2.